The fourth-order valence-electron chi connectivity index (χ4n) is 5.71. The van der Waals surface area contributed by atoms with Crippen molar-refractivity contribution < 1.29 is 28.9 Å². The van der Waals surface area contributed by atoms with Crippen molar-refractivity contribution in [1.82, 2.24) is 4.90 Å². The van der Waals surface area contributed by atoms with Crippen LogP contribution in [0.25, 0.3) is 0 Å². The van der Waals surface area contributed by atoms with Gasteiger partial charge in [-0.25, -0.2) is 0 Å². The Labute approximate surface area is 198 Å². The molecule has 1 heterocycles. The Kier molecular flexibility index (Phi) is 5.81. The van der Waals surface area contributed by atoms with E-state index in [1.807, 2.05) is 36.4 Å². The van der Waals surface area contributed by atoms with E-state index in [0.29, 0.717) is 37.2 Å². The molecule has 1 amide bonds. The highest BCUT2D eigenvalue weighted by Crippen LogP contribution is 2.50. The molecule has 0 saturated heterocycles. The van der Waals surface area contributed by atoms with Gasteiger partial charge in [-0.15, -0.1) is 0 Å². The molecule has 7 heteroatoms. The van der Waals surface area contributed by atoms with Gasteiger partial charge in [0.1, 0.15) is 5.75 Å². The number of aryl methyl sites for hydroxylation is 1. The monoisotopic (exact) mass is 463 g/mol. The van der Waals surface area contributed by atoms with Crippen LogP contribution in [0.5, 0.6) is 17.2 Å². The van der Waals surface area contributed by atoms with Crippen LogP contribution in [0.4, 0.5) is 0 Å². The van der Waals surface area contributed by atoms with Crippen LogP contribution in [0.1, 0.15) is 29.5 Å². The van der Waals surface area contributed by atoms with Crippen molar-refractivity contribution in [2.24, 2.45) is 5.92 Å². The molecule has 0 fully saturated rings. The zero-order valence-corrected chi connectivity index (χ0v) is 19.4. The predicted octanol–water partition coefficient (Wildman–Crippen LogP) is 3.16. The molecule has 0 aromatic heterocycles. The van der Waals surface area contributed by atoms with E-state index in [0.717, 1.165) is 23.1 Å². The highest BCUT2D eigenvalue weighted by molar-refractivity contribution is 5.98. The normalized spacial score (nSPS) is 27.0. The lowest BCUT2D eigenvalue weighted by atomic mass is 9.58. The topological polar surface area (TPSA) is 85.3 Å². The number of hydrogen-bond donors (Lipinski definition) is 1. The number of likely N-dealkylation sites (N-methyl/N-ethyl adjacent to an activating group) is 1. The summed E-state index contributed by atoms with van der Waals surface area (Å²) in [5.41, 5.74) is 2.01. The summed E-state index contributed by atoms with van der Waals surface area (Å²) in [4.78, 5) is 27.9. The third-order valence-corrected chi connectivity index (χ3v) is 7.52. The van der Waals surface area contributed by atoms with Crippen LogP contribution in [0.2, 0.25) is 0 Å². The molecule has 5 rings (SSSR count). The Morgan fingerprint density at radius 1 is 1.21 bits per heavy atom. The Bertz CT molecular complexity index is 1130. The standard InChI is InChI=1S/C27H29NO6/c1-28(15-29)25-13-21(32-2)9-10-27(25)22-14-24-23(33-16-34-24)12-19(22)11-18(26(27)31)6-3-17-4-7-20(30)8-5-17/h4-5,7-10,12,14-15,18,21,25,30H,3,6,11,13,16H2,1-2H3/t18-,21+,25-,27+/m1/s1. The van der Waals surface area contributed by atoms with Gasteiger partial charge in [0.25, 0.3) is 0 Å². The molecule has 0 bridgehead atoms. The molecular formula is C27H29NO6. The Morgan fingerprint density at radius 3 is 2.65 bits per heavy atom. The number of rotatable bonds is 6. The third-order valence-electron chi connectivity index (χ3n) is 7.52. The lowest BCUT2D eigenvalue weighted by Gasteiger charge is -2.49. The molecule has 1 spiro atoms. The summed E-state index contributed by atoms with van der Waals surface area (Å²) in [5, 5.41) is 9.59. The molecule has 0 unspecified atom stereocenters. The van der Waals surface area contributed by atoms with Gasteiger partial charge in [-0.1, -0.05) is 24.3 Å². The predicted molar refractivity (Wildman–Crippen MR) is 125 cm³/mol. The molecule has 34 heavy (non-hydrogen) atoms. The van der Waals surface area contributed by atoms with E-state index < -0.39 is 5.41 Å². The van der Waals surface area contributed by atoms with Gasteiger partial charge in [0.2, 0.25) is 13.2 Å². The van der Waals surface area contributed by atoms with Crippen molar-refractivity contribution in [3.63, 3.8) is 0 Å². The van der Waals surface area contributed by atoms with Gasteiger partial charge < -0.3 is 24.2 Å². The van der Waals surface area contributed by atoms with Gasteiger partial charge in [0.05, 0.1) is 17.6 Å². The lowest BCUT2D eigenvalue weighted by Crippen LogP contribution is -2.59. The summed E-state index contributed by atoms with van der Waals surface area (Å²) < 4.78 is 16.9. The van der Waals surface area contributed by atoms with E-state index in [-0.39, 0.29) is 36.4 Å². The molecule has 2 aliphatic carbocycles. The summed E-state index contributed by atoms with van der Waals surface area (Å²) in [6.07, 6.45) is 7.01. The number of carbonyl (C=O) groups excluding carboxylic acids is 2. The van der Waals surface area contributed by atoms with E-state index in [9.17, 15) is 14.7 Å². The maximum absolute atomic E-state index is 14.3. The van der Waals surface area contributed by atoms with Crippen molar-refractivity contribution in [2.45, 2.75) is 43.2 Å². The first-order valence-corrected chi connectivity index (χ1v) is 11.6. The smallest absolute Gasteiger partial charge is 0.231 e. The van der Waals surface area contributed by atoms with Gasteiger partial charge in [0.15, 0.2) is 17.3 Å². The zero-order valence-electron chi connectivity index (χ0n) is 19.4. The number of hydrogen-bond acceptors (Lipinski definition) is 6. The number of Topliss-reactive ketones (excluding diaryl/α,β-unsaturated/α-hetero) is 1. The van der Waals surface area contributed by atoms with Crippen LogP contribution in [0.15, 0.2) is 48.6 Å². The number of nitrogens with zero attached hydrogens (tertiary/aromatic N) is 1. The first-order valence-electron chi connectivity index (χ1n) is 11.6. The summed E-state index contributed by atoms with van der Waals surface area (Å²) in [5.74, 6) is 1.43. The summed E-state index contributed by atoms with van der Waals surface area (Å²) in [6.45, 7) is 0.155. The van der Waals surface area contributed by atoms with E-state index in [2.05, 4.69) is 0 Å². The summed E-state index contributed by atoms with van der Waals surface area (Å²) in [7, 11) is 3.37. The second-order valence-electron chi connectivity index (χ2n) is 9.36. The van der Waals surface area contributed by atoms with Gasteiger partial charge in [-0.05, 0) is 66.6 Å². The maximum atomic E-state index is 14.3. The molecule has 3 aliphatic rings. The highest BCUT2D eigenvalue weighted by atomic mass is 16.7. The second kappa shape index (κ2) is 8.80. The molecule has 2 aromatic carbocycles. The van der Waals surface area contributed by atoms with Gasteiger partial charge >= 0.3 is 0 Å². The summed E-state index contributed by atoms with van der Waals surface area (Å²) in [6, 6.07) is 10.6. The molecule has 178 valence electrons. The minimum absolute atomic E-state index is 0.113. The van der Waals surface area contributed by atoms with Gasteiger partial charge in [-0.3, -0.25) is 9.59 Å². The second-order valence-corrected chi connectivity index (χ2v) is 9.36. The molecule has 7 nitrogen and oxygen atoms in total. The van der Waals surface area contributed by atoms with Crippen molar-refractivity contribution in [1.29, 1.82) is 0 Å². The first kappa shape index (κ1) is 22.5. The minimum atomic E-state index is -0.987. The molecular weight excluding hydrogens is 434 g/mol. The average molecular weight is 464 g/mol. The van der Waals surface area contributed by atoms with Crippen LogP contribution in [-0.4, -0.2) is 55.3 Å². The average Bonchev–Trinajstić information content (AvgIpc) is 3.32. The van der Waals surface area contributed by atoms with Crippen molar-refractivity contribution >= 4 is 12.2 Å². The zero-order chi connectivity index (χ0) is 23.9. The number of aromatic hydroxyl groups is 1. The number of ether oxygens (including phenoxy) is 3. The van der Waals surface area contributed by atoms with Crippen LogP contribution >= 0.6 is 0 Å². The van der Waals surface area contributed by atoms with Crippen molar-refractivity contribution in [3.8, 4) is 17.2 Å². The molecule has 4 atom stereocenters. The highest BCUT2D eigenvalue weighted by Gasteiger charge is 2.54. The quantitative estimate of drug-likeness (QED) is 0.523. The minimum Gasteiger partial charge on any atom is -0.508 e. The third kappa shape index (κ3) is 3.64. The van der Waals surface area contributed by atoms with Crippen LogP contribution in [0.3, 0.4) is 0 Å². The largest absolute Gasteiger partial charge is 0.508 e. The Morgan fingerprint density at radius 2 is 1.94 bits per heavy atom. The number of benzene rings is 2. The molecule has 2 aromatic rings. The number of carbonyl (C=O) groups is 2. The van der Waals surface area contributed by atoms with Crippen molar-refractivity contribution in [3.05, 3.63) is 65.2 Å². The van der Waals surface area contributed by atoms with Crippen LogP contribution < -0.4 is 9.47 Å². The van der Waals surface area contributed by atoms with E-state index >= 15 is 0 Å². The number of ketones is 1. The molecule has 0 saturated carbocycles. The number of methoxy groups -OCH3 is 1. The van der Waals surface area contributed by atoms with Gasteiger partial charge in [0, 0.05) is 20.1 Å². The molecule has 1 aliphatic heterocycles. The number of amides is 1. The van der Waals surface area contributed by atoms with E-state index in [4.69, 9.17) is 14.2 Å². The molecule has 0 radical (unpaired) electrons. The van der Waals surface area contributed by atoms with Crippen LogP contribution in [0, 0.1) is 5.92 Å². The van der Waals surface area contributed by atoms with Crippen LogP contribution in [-0.2, 0) is 32.6 Å². The summed E-state index contributed by atoms with van der Waals surface area (Å²) >= 11 is 0. The van der Waals surface area contributed by atoms with Gasteiger partial charge in [-0.2, -0.15) is 0 Å². The van der Waals surface area contributed by atoms with Crippen molar-refractivity contribution in [2.75, 3.05) is 21.0 Å². The first-order chi connectivity index (χ1) is 16.5. The number of phenols is 1. The van der Waals surface area contributed by atoms with E-state index in [1.165, 1.54) is 0 Å². The maximum Gasteiger partial charge on any atom is 0.231 e. The fourth-order valence-corrected chi connectivity index (χ4v) is 5.71. The fraction of sp³-hybridized carbons (Fsp3) is 0.407. The lowest BCUT2D eigenvalue weighted by molar-refractivity contribution is -0.133. The SMILES string of the molecule is CO[C@H]1C=C[C@@]2(C(=O)[C@H](CCc3ccc(O)cc3)Cc3cc4c(cc32)OCO4)[C@H](N(C)C=O)C1. The van der Waals surface area contributed by atoms with E-state index in [1.54, 1.807) is 31.2 Å². The number of fused-ring (bicyclic) bond motifs is 3. The molecule has 1 N–H and O–H groups in total. The number of phenolic OH excluding ortho intramolecular Hbond substituents is 1. The Hall–Kier alpha value is -3.32. The Balaban J connectivity index is 1.59.